The molecule has 8 nitrogen and oxygen atoms in total. The second-order valence-corrected chi connectivity index (χ2v) is 4.69. The summed E-state index contributed by atoms with van der Waals surface area (Å²) in [5.41, 5.74) is 3.69. The minimum absolute atomic E-state index is 0.408. The minimum Gasteiger partial charge on any atom is -0.343 e. The van der Waals surface area contributed by atoms with Crippen molar-refractivity contribution in [1.29, 1.82) is 0 Å². The monoisotopic (exact) mass is 298 g/mol. The molecular weight excluding hydrogens is 292 g/mol. The number of aromatic amines is 2. The molecule has 9 heteroatoms. The first-order valence-electron chi connectivity index (χ1n) is 6.00. The van der Waals surface area contributed by atoms with Crippen LogP contribution in [0.2, 0.25) is 5.02 Å². The van der Waals surface area contributed by atoms with Gasteiger partial charge in [-0.05, 0) is 23.4 Å². The average Bonchev–Trinajstić information content (AvgIpc) is 3.19. The molecule has 3 heterocycles. The molecule has 4 rings (SSSR count). The predicted molar refractivity (Wildman–Crippen MR) is 75.3 cm³/mol. The highest BCUT2D eigenvalue weighted by molar-refractivity contribution is 6.35. The SMILES string of the molecule is Clc1cc(-c2cc(-c3nn[nH]n3)ncn2)cc2nc[nH]c12. The Balaban J connectivity index is 1.86. The van der Waals surface area contributed by atoms with Gasteiger partial charge in [-0.1, -0.05) is 11.6 Å². The molecule has 0 bridgehead atoms. The lowest BCUT2D eigenvalue weighted by molar-refractivity contribution is 0.881. The molecule has 2 N–H and O–H groups in total. The first-order chi connectivity index (χ1) is 10.3. The fraction of sp³-hybridized carbons (Fsp3) is 0. The Labute approximate surface area is 122 Å². The normalized spacial score (nSPS) is 11.1. The van der Waals surface area contributed by atoms with Gasteiger partial charge in [-0.3, -0.25) is 0 Å². The molecule has 102 valence electrons. The van der Waals surface area contributed by atoms with Crippen LogP contribution in [0.15, 0.2) is 30.9 Å². The van der Waals surface area contributed by atoms with Gasteiger partial charge in [0.2, 0.25) is 5.82 Å². The van der Waals surface area contributed by atoms with Crippen LogP contribution < -0.4 is 0 Å². The number of hydrogen-bond acceptors (Lipinski definition) is 6. The van der Waals surface area contributed by atoms with E-state index in [1.165, 1.54) is 6.33 Å². The lowest BCUT2D eigenvalue weighted by Gasteiger charge is -2.03. The molecule has 0 saturated carbocycles. The summed E-state index contributed by atoms with van der Waals surface area (Å²) in [5.74, 6) is 0.408. The van der Waals surface area contributed by atoms with Gasteiger partial charge in [-0.15, -0.1) is 10.2 Å². The Morgan fingerprint density at radius 1 is 1.00 bits per heavy atom. The zero-order valence-corrected chi connectivity index (χ0v) is 11.2. The van der Waals surface area contributed by atoms with Gasteiger partial charge in [0.15, 0.2) is 0 Å². The molecule has 0 aliphatic rings. The Kier molecular flexibility index (Phi) is 2.61. The maximum Gasteiger partial charge on any atom is 0.223 e. The summed E-state index contributed by atoms with van der Waals surface area (Å²) in [7, 11) is 0. The number of nitrogens with zero attached hydrogens (tertiary/aromatic N) is 6. The van der Waals surface area contributed by atoms with E-state index in [0.29, 0.717) is 22.2 Å². The Morgan fingerprint density at radius 3 is 2.76 bits per heavy atom. The molecule has 0 amide bonds. The van der Waals surface area contributed by atoms with Gasteiger partial charge >= 0.3 is 0 Å². The van der Waals surface area contributed by atoms with Crippen molar-refractivity contribution in [3.8, 4) is 22.8 Å². The number of halogens is 1. The zero-order valence-electron chi connectivity index (χ0n) is 10.4. The molecule has 21 heavy (non-hydrogen) atoms. The number of rotatable bonds is 2. The largest absolute Gasteiger partial charge is 0.343 e. The Morgan fingerprint density at radius 2 is 1.90 bits per heavy atom. The zero-order chi connectivity index (χ0) is 14.2. The summed E-state index contributed by atoms with van der Waals surface area (Å²) >= 11 is 6.24. The number of H-pyrrole nitrogens is 2. The fourth-order valence-electron chi connectivity index (χ4n) is 2.06. The number of aromatic nitrogens is 8. The molecule has 0 saturated heterocycles. The van der Waals surface area contributed by atoms with Crippen LogP contribution in [0.5, 0.6) is 0 Å². The van der Waals surface area contributed by atoms with E-state index in [2.05, 4.69) is 40.6 Å². The molecule has 0 radical (unpaired) electrons. The molecule has 0 spiro atoms. The molecule has 0 atom stereocenters. The smallest absolute Gasteiger partial charge is 0.223 e. The van der Waals surface area contributed by atoms with Crippen molar-refractivity contribution in [3.63, 3.8) is 0 Å². The van der Waals surface area contributed by atoms with Gasteiger partial charge in [0.1, 0.15) is 12.0 Å². The third kappa shape index (κ3) is 2.01. The summed E-state index contributed by atoms with van der Waals surface area (Å²) in [6.45, 7) is 0. The first kappa shape index (κ1) is 11.9. The van der Waals surface area contributed by atoms with Crippen molar-refractivity contribution in [2.24, 2.45) is 0 Å². The van der Waals surface area contributed by atoms with Crippen molar-refractivity contribution in [3.05, 3.63) is 35.9 Å². The summed E-state index contributed by atoms with van der Waals surface area (Å²) in [6, 6.07) is 5.50. The Bertz CT molecular complexity index is 914. The molecule has 0 aliphatic heterocycles. The van der Waals surface area contributed by atoms with Gasteiger partial charge in [0.05, 0.1) is 28.1 Å². The van der Waals surface area contributed by atoms with Gasteiger partial charge in [0, 0.05) is 5.56 Å². The molecule has 0 fully saturated rings. The van der Waals surface area contributed by atoms with E-state index < -0.39 is 0 Å². The summed E-state index contributed by atoms with van der Waals surface area (Å²) in [5, 5.41) is 14.3. The van der Waals surface area contributed by atoms with Crippen molar-refractivity contribution in [1.82, 2.24) is 40.6 Å². The molecule has 0 aliphatic carbocycles. The van der Waals surface area contributed by atoms with E-state index in [9.17, 15) is 0 Å². The van der Waals surface area contributed by atoms with Crippen molar-refractivity contribution >= 4 is 22.6 Å². The van der Waals surface area contributed by atoms with Gasteiger partial charge in [-0.2, -0.15) is 5.21 Å². The number of fused-ring (bicyclic) bond motifs is 1. The maximum absolute atomic E-state index is 6.24. The van der Waals surface area contributed by atoms with Gasteiger partial charge in [-0.25, -0.2) is 15.0 Å². The number of tetrazole rings is 1. The van der Waals surface area contributed by atoms with Gasteiger partial charge < -0.3 is 4.98 Å². The standard InChI is InChI=1S/C12H7ClN8/c13-7-1-6(2-9-11(7)17-5-15-9)8-3-10(16-4-14-8)12-18-20-21-19-12/h1-5H,(H,15,17)(H,18,19,20,21). The lowest BCUT2D eigenvalue weighted by atomic mass is 10.1. The Hall–Kier alpha value is -2.87. The van der Waals surface area contributed by atoms with E-state index >= 15 is 0 Å². The van der Waals surface area contributed by atoms with Crippen LogP contribution in [0, 0.1) is 0 Å². The second kappa shape index (κ2) is 4.60. The molecule has 3 aromatic heterocycles. The van der Waals surface area contributed by atoms with Crippen LogP contribution >= 0.6 is 11.6 Å². The van der Waals surface area contributed by atoms with E-state index in [1.807, 2.05) is 12.1 Å². The van der Waals surface area contributed by atoms with Crippen LogP contribution in [0.25, 0.3) is 33.8 Å². The first-order valence-corrected chi connectivity index (χ1v) is 6.38. The van der Waals surface area contributed by atoms with Crippen molar-refractivity contribution in [2.45, 2.75) is 0 Å². The lowest BCUT2D eigenvalue weighted by Crippen LogP contribution is -1.91. The van der Waals surface area contributed by atoms with Crippen molar-refractivity contribution < 1.29 is 0 Å². The van der Waals surface area contributed by atoms with Crippen LogP contribution in [-0.2, 0) is 0 Å². The van der Waals surface area contributed by atoms with Crippen LogP contribution in [0.3, 0.4) is 0 Å². The summed E-state index contributed by atoms with van der Waals surface area (Å²) < 4.78 is 0. The van der Waals surface area contributed by atoms with Gasteiger partial charge in [0.25, 0.3) is 0 Å². The molecule has 1 aromatic carbocycles. The summed E-state index contributed by atoms with van der Waals surface area (Å²) in [6.07, 6.45) is 3.05. The van der Waals surface area contributed by atoms with E-state index in [-0.39, 0.29) is 0 Å². The number of hydrogen-bond donors (Lipinski definition) is 2. The molecular formula is C12H7ClN8. The topological polar surface area (TPSA) is 109 Å². The van der Waals surface area contributed by atoms with Crippen LogP contribution in [0.1, 0.15) is 0 Å². The minimum atomic E-state index is 0.408. The quantitative estimate of drug-likeness (QED) is 0.584. The third-order valence-corrected chi connectivity index (χ3v) is 3.32. The van der Waals surface area contributed by atoms with Crippen LogP contribution in [-0.4, -0.2) is 40.6 Å². The number of nitrogens with one attached hydrogen (secondary N) is 2. The van der Waals surface area contributed by atoms with E-state index in [1.54, 1.807) is 12.4 Å². The third-order valence-electron chi connectivity index (χ3n) is 3.02. The maximum atomic E-state index is 6.24. The van der Waals surface area contributed by atoms with E-state index in [0.717, 1.165) is 16.6 Å². The highest BCUT2D eigenvalue weighted by Gasteiger charge is 2.10. The van der Waals surface area contributed by atoms with E-state index in [4.69, 9.17) is 11.6 Å². The molecule has 0 unspecified atom stereocenters. The summed E-state index contributed by atoms with van der Waals surface area (Å²) in [4.78, 5) is 15.6. The average molecular weight is 299 g/mol. The predicted octanol–water partition coefficient (Wildman–Crippen LogP) is 1.85. The number of imidazole rings is 1. The van der Waals surface area contributed by atoms with Crippen LogP contribution in [0.4, 0.5) is 0 Å². The number of benzene rings is 1. The highest BCUT2D eigenvalue weighted by Crippen LogP contribution is 2.28. The highest BCUT2D eigenvalue weighted by atomic mass is 35.5. The van der Waals surface area contributed by atoms with Crippen molar-refractivity contribution in [2.75, 3.05) is 0 Å². The fourth-order valence-corrected chi connectivity index (χ4v) is 2.33. The molecule has 4 aromatic rings. The second-order valence-electron chi connectivity index (χ2n) is 4.28.